The number of nitrogens with zero attached hydrogens (tertiary/aromatic N) is 2. The second-order valence-electron chi connectivity index (χ2n) is 7.70. The number of hydrogen-bond donors (Lipinski definition) is 2. The number of para-hydroxylation sites is 2. The van der Waals surface area contributed by atoms with Gasteiger partial charge in [0.25, 0.3) is 0 Å². The summed E-state index contributed by atoms with van der Waals surface area (Å²) < 4.78 is 5.56. The maximum absolute atomic E-state index is 12.5. The smallest absolute Gasteiger partial charge is 0.238 e. The van der Waals surface area contributed by atoms with Crippen LogP contribution in [0.25, 0.3) is 0 Å². The number of primary amides is 1. The summed E-state index contributed by atoms with van der Waals surface area (Å²) in [7, 11) is 0. The van der Waals surface area contributed by atoms with Gasteiger partial charge < -0.3 is 15.8 Å². The predicted octanol–water partition coefficient (Wildman–Crippen LogP) is 1.83. The first kappa shape index (κ1) is 20.6. The number of likely N-dealkylation sites (tertiary alicyclic amines) is 2. The molecule has 0 unspecified atom stereocenters. The molecule has 0 aromatic heterocycles. The van der Waals surface area contributed by atoms with Crippen molar-refractivity contribution in [1.29, 1.82) is 0 Å². The Morgan fingerprint density at radius 2 is 1.79 bits per heavy atom. The number of carbonyl (C=O) groups excluding carboxylic acids is 2. The standard InChI is InChI=1S/C21H32N4O3/c1-2-28-18-9-5-4-8-17(18)23-19(26)16-24-14-10-21(11-15-24,20(22)27)25-12-6-3-7-13-25/h4-5,8-9H,2-3,6-7,10-16H2,1H3,(H2,22,27)(H,23,26). The van der Waals surface area contributed by atoms with Gasteiger partial charge in [0, 0.05) is 13.1 Å². The first-order valence-electron chi connectivity index (χ1n) is 10.3. The third-order valence-corrected chi connectivity index (χ3v) is 5.93. The van der Waals surface area contributed by atoms with Crippen LogP contribution in [0.2, 0.25) is 0 Å². The van der Waals surface area contributed by atoms with Gasteiger partial charge in [0.1, 0.15) is 11.3 Å². The number of nitrogens with one attached hydrogen (secondary N) is 1. The average Bonchev–Trinajstić information content (AvgIpc) is 2.71. The molecular formula is C21H32N4O3. The van der Waals surface area contributed by atoms with Crippen LogP contribution in [0.1, 0.15) is 39.0 Å². The Hall–Kier alpha value is -2.12. The van der Waals surface area contributed by atoms with Gasteiger partial charge in [-0.3, -0.25) is 19.4 Å². The molecule has 2 heterocycles. The summed E-state index contributed by atoms with van der Waals surface area (Å²) >= 11 is 0. The van der Waals surface area contributed by atoms with Crippen molar-refractivity contribution in [2.75, 3.05) is 44.6 Å². The molecule has 2 saturated heterocycles. The van der Waals surface area contributed by atoms with Crippen LogP contribution in [0.4, 0.5) is 5.69 Å². The topological polar surface area (TPSA) is 87.9 Å². The first-order chi connectivity index (χ1) is 13.5. The highest BCUT2D eigenvalue weighted by Gasteiger charge is 2.45. The molecule has 28 heavy (non-hydrogen) atoms. The van der Waals surface area contributed by atoms with Gasteiger partial charge in [-0.15, -0.1) is 0 Å². The SMILES string of the molecule is CCOc1ccccc1NC(=O)CN1CCC(C(N)=O)(N2CCCCC2)CC1. The van der Waals surface area contributed by atoms with Crippen molar-refractivity contribution in [1.82, 2.24) is 9.80 Å². The zero-order chi connectivity index (χ0) is 20.0. The second kappa shape index (κ2) is 9.39. The number of carbonyl (C=O) groups is 2. The van der Waals surface area contributed by atoms with E-state index in [9.17, 15) is 9.59 Å². The monoisotopic (exact) mass is 388 g/mol. The van der Waals surface area contributed by atoms with Crippen molar-refractivity contribution in [2.45, 2.75) is 44.6 Å². The van der Waals surface area contributed by atoms with Gasteiger partial charge in [0.15, 0.2) is 0 Å². The van der Waals surface area contributed by atoms with Crippen LogP contribution >= 0.6 is 0 Å². The molecule has 2 aliphatic heterocycles. The van der Waals surface area contributed by atoms with E-state index in [-0.39, 0.29) is 11.8 Å². The molecule has 0 saturated carbocycles. The third-order valence-electron chi connectivity index (χ3n) is 5.93. The zero-order valence-electron chi connectivity index (χ0n) is 16.8. The van der Waals surface area contributed by atoms with Crippen LogP contribution < -0.4 is 15.8 Å². The highest BCUT2D eigenvalue weighted by molar-refractivity contribution is 5.93. The lowest BCUT2D eigenvalue weighted by Crippen LogP contribution is -2.63. The van der Waals surface area contributed by atoms with Gasteiger partial charge in [-0.2, -0.15) is 0 Å². The third kappa shape index (κ3) is 4.64. The van der Waals surface area contributed by atoms with Gasteiger partial charge in [-0.1, -0.05) is 18.6 Å². The molecule has 1 aromatic carbocycles. The van der Waals surface area contributed by atoms with E-state index in [1.54, 1.807) is 0 Å². The number of piperidine rings is 2. The van der Waals surface area contributed by atoms with Crippen LogP contribution in [0.15, 0.2) is 24.3 Å². The number of amides is 2. The van der Waals surface area contributed by atoms with Gasteiger partial charge in [0.05, 0.1) is 18.8 Å². The van der Waals surface area contributed by atoms with E-state index in [2.05, 4.69) is 15.1 Å². The summed E-state index contributed by atoms with van der Waals surface area (Å²) in [5.41, 5.74) is 5.97. The maximum Gasteiger partial charge on any atom is 0.238 e. The highest BCUT2D eigenvalue weighted by Crippen LogP contribution is 2.31. The van der Waals surface area contributed by atoms with E-state index >= 15 is 0 Å². The number of nitrogens with two attached hydrogens (primary N) is 1. The molecular weight excluding hydrogens is 356 g/mol. The van der Waals surface area contributed by atoms with Gasteiger partial charge in [-0.05, 0) is 57.8 Å². The van der Waals surface area contributed by atoms with Crippen molar-refractivity contribution in [3.8, 4) is 5.75 Å². The fraction of sp³-hybridized carbons (Fsp3) is 0.619. The minimum atomic E-state index is -0.547. The maximum atomic E-state index is 12.5. The summed E-state index contributed by atoms with van der Waals surface area (Å²) in [6.07, 6.45) is 4.85. The molecule has 0 radical (unpaired) electrons. The number of benzene rings is 1. The van der Waals surface area contributed by atoms with Crippen molar-refractivity contribution in [3.63, 3.8) is 0 Å². The lowest BCUT2D eigenvalue weighted by molar-refractivity contribution is -0.135. The Labute approximate surface area is 167 Å². The predicted molar refractivity (Wildman–Crippen MR) is 109 cm³/mol. The summed E-state index contributed by atoms with van der Waals surface area (Å²) in [6, 6.07) is 7.45. The zero-order valence-corrected chi connectivity index (χ0v) is 16.8. The lowest BCUT2D eigenvalue weighted by Gasteiger charge is -2.48. The largest absolute Gasteiger partial charge is 0.492 e. The molecule has 2 fully saturated rings. The number of anilines is 1. The number of ether oxygens (including phenoxy) is 1. The van der Waals surface area contributed by atoms with E-state index in [1.165, 1.54) is 6.42 Å². The molecule has 0 atom stereocenters. The Kier molecular flexibility index (Phi) is 6.91. The fourth-order valence-electron chi connectivity index (χ4n) is 4.37. The molecule has 7 nitrogen and oxygen atoms in total. The molecule has 1 aromatic rings. The van der Waals surface area contributed by atoms with Crippen molar-refractivity contribution >= 4 is 17.5 Å². The Morgan fingerprint density at radius 1 is 1.11 bits per heavy atom. The van der Waals surface area contributed by atoms with Crippen LogP contribution in [0.5, 0.6) is 5.75 Å². The highest BCUT2D eigenvalue weighted by atomic mass is 16.5. The van der Waals surface area contributed by atoms with E-state index in [0.29, 0.717) is 50.5 Å². The van der Waals surface area contributed by atoms with Gasteiger partial charge in [-0.25, -0.2) is 0 Å². The van der Waals surface area contributed by atoms with E-state index < -0.39 is 5.54 Å². The van der Waals surface area contributed by atoms with E-state index in [0.717, 1.165) is 25.9 Å². The van der Waals surface area contributed by atoms with Crippen molar-refractivity contribution in [2.24, 2.45) is 5.73 Å². The molecule has 3 rings (SSSR count). The summed E-state index contributed by atoms with van der Waals surface area (Å²) in [5.74, 6) is 0.385. The molecule has 0 spiro atoms. The lowest BCUT2D eigenvalue weighted by atomic mass is 9.83. The van der Waals surface area contributed by atoms with Crippen molar-refractivity contribution < 1.29 is 14.3 Å². The minimum Gasteiger partial charge on any atom is -0.492 e. The summed E-state index contributed by atoms with van der Waals surface area (Å²) in [4.78, 5) is 29.2. The van der Waals surface area contributed by atoms with Crippen LogP contribution in [0.3, 0.4) is 0 Å². The van der Waals surface area contributed by atoms with Crippen LogP contribution in [0, 0.1) is 0 Å². The molecule has 2 amide bonds. The molecule has 154 valence electrons. The van der Waals surface area contributed by atoms with Crippen molar-refractivity contribution in [3.05, 3.63) is 24.3 Å². The second-order valence-corrected chi connectivity index (χ2v) is 7.70. The Bertz CT molecular complexity index is 680. The Morgan fingerprint density at radius 3 is 2.43 bits per heavy atom. The Balaban J connectivity index is 1.56. The molecule has 2 aliphatic rings. The summed E-state index contributed by atoms with van der Waals surface area (Å²) in [5, 5.41) is 2.94. The molecule has 7 heteroatoms. The normalized spacial score (nSPS) is 20.5. The van der Waals surface area contributed by atoms with Gasteiger partial charge in [0.2, 0.25) is 11.8 Å². The molecule has 0 aliphatic carbocycles. The average molecular weight is 389 g/mol. The number of rotatable bonds is 7. The van der Waals surface area contributed by atoms with E-state index in [1.807, 2.05) is 31.2 Å². The fourth-order valence-corrected chi connectivity index (χ4v) is 4.37. The van der Waals surface area contributed by atoms with Gasteiger partial charge >= 0.3 is 0 Å². The molecule has 3 N–H and O–H groups in total. The summed E-state index contributed by atoms with van der Waals surface area (Å²) in [6.45, 7) is 6.04. The van der Waals surface area contributed by atoms with E-state index in [4.69, 9.17) is 10.5 Å². The minimum absolute atomic E-state index is 0.0725. The number of hydrogen-bond acceptors (Lipinski definition) is 5. The molecule has 0 bridgehead atoms. The van der Waals surface area contributed by atoms with Crippen LogP contribution in [-0.2, 0) is 9.59 Å². The first-order valence-corrected chi connectivity index (χ1v) is 10.3. The quantitative estimate of drug-likeness (QED) is 0.744. The van der Waals surface area contributed by atoms with Crippen LogP contribution in [-0.4, -0.2) is 66.5 Å².